The lowest BCUT2D eigenvalue weighted by Gasteiger charge is -2.36. The second-order valence-corrected chi connectivity index (χ2v) is 7.20. The molecule has 24 heavy (non-hydrogen) atoms. The molecule has 0 heterocycles. The Bertz CT molecular complexity index is 484. The molecule has 0 unspecified atom stereocenters. The van der Waals surface area contributed by atoms with Crippen LogP contribution in [-0.4, -0.2) is 53.1 Å². The van der Waals surface area contributed by atoms with Gasteiger partial charge in [0.05, 0.1) is 0 Å². The van der Waals surface area contributed by atoms with Crippen molar-refractivity contribution in [3.8, 4) is 0 Å². The summed E-state index contributed by atoms with van der Waals surface area (Å²) in [6.07, 6.45) is -4.99. The average molecular weight is 354 g/mol. The van der Waals surface area contributed by atoms with E-state index in [-0.39, 0.29) is 12.3 Å². The molecule has 0 spiro atoms. The fourth-order valence-electron chi connectivity index (χ4n) is 2.09. The van der Waals surface area contributed by atoms with E-state index < -0.39 is 41.5 Å². The number of alkyl halides is 3. The maximum Gasteiger partial charge on any atom is 0.471 e. The molecule has 0 saturated heterocycles. The van der Waals surface area contributed by atoms with Crippen LogP contribution in [0.1, 0.15) is 41.0 Å². The van der Waals surface area contributed by atoms with Gasteiger partial charge in [-0.3, -0.25) is 9.59 Å². The smallest absolute Gasteiger partial charge is 0.471 e. The van der Waals surface area contributed by atoms with E-state index in [9.17, 15) is 32.7 Å². The van der Waals surface area contributed by atoms with Gasteiger partial charge in [0, 0.05) is 7.05 Å². The quantitative estimate of drug-likeness (QED) is 0.764. The lowest BCUT2D eigenvalue weighted by Crippen LogP contribution is -2.59. The molecule has 2 amide bonds. The largest absolute Gasteiger partial charge is 0.480 e. The van der Waals surface area contributed by atoms with Crippen LogP contribution >= 0.6 is 0 Å². The van der Waals surface area contributed by atoms with Crippen LogP contribution in [-0.2, 0) is 14.4 Å². The summed E-state index contributed by atoms with van der Waals surface area (Å²) in [7, 11) is 1.21. The van der Waals surface area contributed by atoms with Crippen molar-refractivity contribution in [2.24, 2.45) is 11.3 Å². The fourth-order valence-corrected chi connectivity index (χ4v) is 2.09. The van der Waals surface area contributed by atoms with Crippen molar-refractivity contribution in [3.05, 3.63) is 0 Å². The van der Waals surface area contributed by atoms with E-state index in [1.807, 2.05) is 0 Å². The van der Waals surface area contributed by atoms with E-state index in [4.69, 9.17) is 0 Å². The van der Waals surface area contributed by atoms with Crippen molar-refractivity contribution < 1.29 is 32.7 Å². The summed E-state index contributed by atoms with van der Waals surface area (Å²) < 4.78 is 37.5. The summed E-state index contributed by atoms with van der Waals surface area (Å²) in [5, 5.41) is 11.0. The standard InChI is InChI=1S/C15H25F3N2O4/c1-8(2)7-9(12(22)23)20(6)11(21)10(14(3,4)5)19-13(24)15(16,17)18/h8-10H,7H2,1-6H3,(H,19,24)(H,22,23)/t9-,10+/m0/s1. The Kier molecular flexibility index (Phi) is 7.26. The molecule has 0 aliphatic heterocycles. The molecular weight excluding hydrogens is 329 g/mol. The first-order chi connectivity index (χ1) is 10.6. The van der Waals surface area contributed by atoms with Crippen molar-refractivity contribution in [1.29, 1.82) is 0 Å². The van der Waals surface area contributed by atoms with E-state index in [2.05, 4.69) is 0 Å². The van der Waals surface area contributed by atoms with Gasteiger partial charge in [-0.2, -0.15) is 13.2 Å². The zero-order chi connectivity index (χ0) is 19.5. The fraction of sp³-hybridized carbons (Fsp3) is 0.800. The van der Waals surface area contributed by atoms with Gasteiger partial charge in [-0.05, 0) is 17.8 Å². The summed E-state index contributed by atoms with van der Waals surface area (Å²) in [6.45, 7) is 7.98. The number of amides is 2. The van der Waals surface area contributed by atoms with Crippen molar-refractivity contribution in [1.82, 2.24) is 10.2 Å². The van der Waals surface area contributed by atoms with Crippen molar-refractivity contribution >= 4 is 17.8 Å². The summed E-state index contributed by atoms with van der Waals surface area (Å²) in [4.78, 5) is 36.0. The molecule has 9 heteroatoms. The molecule has 0 fully saturated rings. The minimum absolute atomic E-state index is 0.0424. The number of hydrogen-bond acceptors (Lipinski definition) is 3. The number of halogens is 3. The number of likely N-dealkylation sites (N-methyl/N-ethyl adjacent to an activating group) is 1. The second-order valence-electron chi connectivity index (χ2n) is 7.20. The summed E-state index contributed by atoms with van der Waals surface area (Å²) in [5.41, 5.74) is -1.03. The van der Waals surface area contributed by atoms with Crippen molar-refractivity contribution in [3.63, 3.8) is 0 Å². The van der Waals surface area contributed by atoms with Crippen molar-refractivity contribution in [2.45, 2.75) is 59.3 Å². The van der Waals surface area contributed by atoms with Crippen LogP contribution in [0.15, 0.2) is 0 Å². The maximum absolute atomic E-state index is 12.6. The van der Waals surface area contributed by atoms with E-state index in [1.54, 1.807) is 19.2 Å². The van der Waals surface area contributed by atoms with Gasteiger partial charge in [0.2, 0.25) is 5.91 Å². The lowest BCUT2D eigenvalue weighted by molar-refractivity contribution is -0.176. The zero-order valence-corrected chi connectivity index (χ0v) is 14.7. The molecule has 0 aliphatic carbocycles. The molecule has 0 aliphatic rings. The summed E-state index contributed by atoms with van der Waals surface area (Å²) in [6, 6.07) is -2.70. The van der Waals surface area contributed by atoms with Gasteiger partial charge in [0.25, 0.3) is 0 Å². The van der Waals surface area contributed by atoms with Gasteiger partial charge in [-0.25, -0.2) is 4.79 Å². The lowest BCUT2D eigenvalue weighted by atomic mass is 9.85. The molecule has 140 valence electrons. The minimum Gasteiger partial charge on any atom is -0.480 e. The highest BCUT2D eigenvalue weighted by molar-refractivity contribution is 5.92. The van der Waals surface area contributed by atoms with Gasteiger partial charge in [0.15, 0.2) is 0 Å². The normalized spacial score (nSPS) is 14.9. The highest BCUT2D eigenvalue weighted by atomic mass is 19.4. The third-order valence-corrected chi connectivity index (χ3v) is 3.44. The third kappa shape index (κ3) is 6.37. The summed E-state index contributed by atoms with van der Waals surface area (Å²) in [5.74, 6) is -4.42. The Labute approximate surface area is 139 Å². The monoisotopic (exact) mass is 354 g/mol. The first-order valence-electron chi connectivity index (χ1n) is 7.46. The van der Waals surface area contributed by atoms with Gasteiger partial charge in [-0.1, -0.05) is 34.6 Å². The molecule has 0 aromatic carbocycles. The first-order valence-corrected chi connectivity index (χ1v) is 7.46. The number of aliphatic carboxylic acids is 1. The first kappa shape index (κ1) is 22.2. The number of carbonyl (C=O) groups is 3. The Morgan fingerprint density at radius 1 is 1.12 bits per heavy atom. The molecule has 0 rings (SSSR count). The highest BCUT2D eigenvalue weighted by Crippen LogP contribution is 2.24. The number of nitrogens with zero attached hydrogens (tertiary/aromatic N) is 1. The van der Waals surface area contributed by atoms with Gasteiger partial charge < -0.3 is 15.3 Å². The Morgan fingerprint density at radius 2 is 1.58 bits per heavy atom. The number of carbonyl (C=O) groups excluding carboxylic acids is 2. The van der Waals surface area contributed by atoms with E-state index in [0.29, 0.717) is 0 Å². The molecule has 0 bridgehead atoms. The number of carboxylic acid groups (broad SMARTS) is 1. The van der Waals surface area contributed by atoms with Crippen molar-refractivity contribution in [2.75, 3.05) is 7.05 Å². The Hall–Kier alpha value is -1.80. The van der Waals surface area contributed by atoms with E-state index in [1.165, 1.54) is 27.8 Å². The van der Waals surface area contributed by atoms with Crippen LogP contribution in [0.3, 0.4) is 0 Å². The SMILES string of the molecule is CC(C)C[C@@H](C(=O)O)N(C)C(=O)[C@@H](NC(=O)C(F)(F)F)C(C)(C)C. The number of hydrogen-bond donors (Lipinski definition) is 2. The molecule has 2 atom stereocenters. The van der Waals surface area contributed by atoms with Crippen LogP contribution in [0, 0.1) is 11.3 Å². The van der Waals surface area contributed by atoms with Crippen LogP contribution < -0.4 is 5.32 Å². The maximum atomic E-state index is 12.6. The average Bonchev–Trinajstić information content (AvgIpc) is 2.37. The second kappa shape index (κ2) is 7.85. The summed E-state index contributed by atoms with van der Waals surface area (Å²) >= 11 is 0. The number of carboxylic acids is 1. The van der Waals surface area contributed by atoms with Crippen LogP contribution in [0.2, 0.25) is 0 Å². The van der Waals surface area contributed by atoms with Gasteiger partial charge in [0.1, 0.15) is 12.1 Å². The molecule has 6 nitrogen and oxygen atoms in total. The van der Waals surface area contributed by atoms with Crippen LogP contribution in [0.5, 0.6) is 0 Å². The number of rotatable bonds is 6. The number of nitrogens with one attached hydrogen (secondary N) is 1. The Morgan fingerprint density at radius 3 is 1.88 bits per heavy atom. The van der Waals surface area contributed by atoms with Crippen LogP contribution in [0.25, 0.3) is 0 Å². The minimum atomic E-state index is -5.13. The van der Waals surface area contributed by atoms with E-state index >= 15 is 0 Å². The third-order valence-electron chi connectivity index (χ3n) is 3.44. The Balaban J connectivity index is 5.52. The van der Waals surface area contributed by atoms with Gasteiger partial charge >= 0.3 is 18.1 Å². The van der Waals surface area contributed by atoms with Crippen LogP contribution in [0.4, 0.5) is 13.2 Å². The van der Waals surface area contributed by atoms with E-state index in [0.717, 1.165) is 4.90 Å². The zero-order valence-electron chi connectivity index (χ0n) is 14.7. The molecule has 0 aromatic heterocycles. The molecular formula is C15H25F3N2O4. The van der Waals surface area contributed by atoms with Gasteiger partial charge in [-0.15, -0.1) is 0 Å². The predicted octanol–water partition coefficient (Wildman–Crippen LogP) is 2.04. The highest BCUT2D eigenvalue weighted by Gasteiger charge is 2.45. The topological polar surface area (TPSA) is 86.7 Å². The molecule has 2 N–H and O–H groups in total. The molecule has 0 radical (unpaired) electrons. The molecule has 0 aromatic rings. The predicted molar refractivity (Wildman–Crippen MR) is 81.1 cm³/mol. The molecule has 0 saturated carbocycles.